The van der Waals surface area contributed by atoms with Crippen LogP contribution in [0, 0.1) is 22.7 Å². The lowest BCUT2D eigenvalue weighted by Crippen LogP contribution is -2.45. The Morgan fingerprint density at radius 2 is 1.74 bits per heavy atom. The third-order valence-corrected chi connectivity index (χ3v) is 4.52. The van der Waals surface area contributed by atoms with Crippen molar-refractivity contribution in [2.24, 2.45) is 11.3 Å². The number of amides is 1. The Kier molecular flexibility index (Phi) is 4.08. The predicted octanol–water partition coefficient (Wildman–Crippen LogP) is 1.83. The van der Waals surface area contributed by atoms with E-state index in [1.807, 2.05) is 0 Å². The Morgan fingerprint density at radius 1 is 1.16 bits per heavy atom. The van der Waals surface area contributed by atoms with Crippen molar-refractivity contribution in [3.63, 3.8) is 0 Å². The normalized spacial score (nSPS) is 29.4. The van der Waals surface area contributed by atoms with E-state index in [4.69, 9.17) is 5.11 Å². The number of rotatable bonds is 3. The van der Waals surface area contributed by atoms with Crippen LogP contribution in [-0.2, 0) is 9.59 Å². The highest BCUT2D eigenvalue weighted by molar-refractivity contribution is 5.86. The van der Waals surface area contributed by atoms with Crippen LogP contribution in [-0.4, -0.2) is 23.0 Å². The molecule has 0 atom stereocenters. The van der Waals surface area contributed by atoms with Crippen molar-refractivity contribution in [2.75, 3.05) is 0 Å². The maximum absolute atomic E-state index is 12.2. The smallest absolute Gasteiger partial charge is 0.306 e. The fraction of sp³-hybridized carbons (Fsp3) is 0.786. The molecule has 2 aliphatic rings. The highest BCUT2D eigenvalue weighted by atomic mass is 16.4. The molecule has 0 bridgehead atoms. The van der Waals surface area contributed by atoms with Gasteiger partial charge in [-0.25, -0.2) is 0 Å². The molecular formula is C14H20N2O3. The Balaban J connectivity index is 1.87. The number of nitrogens with one attached hydrogen (secondary N) is 1. The lowest BCUT2D eigenvalue weighted by Gasteiger charge is -2.29. The van der Waals surface area contributed by atoms with Gasteiger partial charge in [0.05, 0.1) is 12.0 Å². The van der Waals surface area contributed by atoms with Crippen molar-refractivity contribution in [3.05, 3.63) is 0 Å². The zero-order valence-corrected chi connectivity index (χ0v) is 11.0. The van der Waals surface area contributed by atoms with Crippen molar-refractivity contribution in [1.29, 1.82) is 5.26 Å². The van der Waals surface area contributed by atoms with E-state index in [9.17, 15) is 14.9 Å². The van der Waals surface area contributed by atoms with Gasteiger partial charge >= 0.3 is 5.97 Å². The SMILES string of the molecule is N#CC1(C(=O)NC2CCC(C(=O)O)CC2)CCCC1. The summed E-state index contributed by atoms with van der Waals surface area (Å²) in [5.41, 5.74) is -0.830. The van der Waals surface area contributed by atoms with E-state index < -0.39 is 11.4 Å². The second-order valence-corrected chi connectivity index (χ2v) is 5.76. The monoisotopic (exact) mass is 264 g/mol. The maximum atomic E-state index is 12.2. The van der Waals surface area contributed by atoms with Gasteiger partial charge in [-0.05, 0) is 38.5 Å². The summed E-state index contributed by atoms with van der Waals surface area (Å²) in [6.45, 7) is 0. The summed E-state index contributed by atoms with van der Waals surface area (Å²) in [5, 5.41) is 21.1. The van der Waals surface area contributed by atoms with Crippen LogP contribution in [0.3, 0.4) is 0 Å². The molecule has 5 heteroatoms. The van der Waals surface area contributed by atoms with Crippen molar-refractivity contribution < 1.29 is 14.7 Å². The maximum Gasteiger partial charge on any atom is 0.306 e. The average Bonchev–Trinajstić information content (AvgIpc) is 2.89. The van der Waals surface area contributed by atoms with E-state index in [0.717, 1.165) is 12.8 Å². The molecule has 0 spiro atoms. The molecule has 0 saturated heterocycles. The Morgan fingerprint density at radius 3 is 2.21 bits per heavy atom. The van der Waals surface area contributed by atoms with Gasteiger partial charge in [0.25, 0.3) is 0 Å². The summed E-state index contributed by atoms with van der Waals surface area (Å²) in [6.07, 6.45) is 5.80. The van der Waals surface area contributed by atoms with Crippen LogP contribution in [0.4, 0.5) is 0 Å². The molecule has 0 aromatic rings. The van der Waals surface area contributed by atoms with Gasteiger partial charge in [-0.1, -0.05) is 12.8 Å². The zero-order chi connectivity index (χ0) is 13.9. The van der Waals surface area contributed by atoms with Crippen molar-refractivity contribution in [1.82, 2.24) is 5.32 Å². The topological polar surface area (TPSA) is 90.2 Å². The van der Waals surface area contributed by atoms with Gasteiger partial charge in [-0.15, -0.1) is 0 Å². The fourth-order valence-electron chi connectivity index (χ4n) is 3.18. The molecule has 0 radical (unpaired) electrons. The van der Waals surface area contributed by atoms with E-state index in [1.54, 1.807) is 0 Å². The summed E-state index contributed by atoms with van der Waals surface area (Å²) in [7, 11) is 0. The molecule has 2 N–H and O–H groups in total. The van der Waals surface area contributed by atoms with Crippen LogP contribution in [0.15, 0.2) is 0 Å². The number of nitrogens with zero attached hydrogens (tertiary/aromatic N) is 1. The summed E-state index contributed by atoms with van der Waals surface area (Å²) in [5.74, 6) is -1.16. The molecule has 0 unspecified atom stereocenters. The number of aliphatic carboxylic acids is 1. The molecule has 2 rings (SSSR count). The molecule has 0 aromatic heterocycles. The fourth-order valence-corrected chi connectivity index (χ4v) is 3.18. The summed E-state index contributed by atoms with van der Waals surface area (Å²) in [4.78, 5) is 23.1. The van der Waals surface area contributed by atoms with Crippen molar-refractivity contribution in [3.8, 4) is 6.07 Å². The summed E-state index contributed by atoms with van der Waals surface area (Å²) in [6, 6.07) is 2.22. The highest BCUT2D eigenvalue weighted by Crippen LogP contribution is 2.38. The second kappa shape index (κ2) is 5.60. The van der Waals surface area contributed by atoms with E-state index >= 15 is 0 Å². The molecule has 2 saturated carbocycles. The Hall–Kier alpha value is -1.57. The van der Waals surface area contributed by atoms with Gasteiger partial charge in [0.2, 0.25) is 5.91 Å². The van der Waals surface area contributed by atoms with Gasteiger partial charge < -0.3 is 10.4 Å². The molecule has 2 fully saturated rings. The largest absolute Gasteiger partial charge is 0.481 e. The zero-order valence-electron chi connectivity index (χ0n) is 11.0. The lowest BCUT2D eigenvalue weighted by atomic mass is 9.83. The van der Waals surface area contributed by atoms with Gasteiger partial charge in [0.15, 0.2) is 0 Å². The standard InChI is InChI=1S/C14H20N2O3/c15-9-14(7-1-2-8-14)13(19)16-11-5-3-10(4-6-11)12(17)18/h10-11H,1-8H2,(H,16,19)(H,17,18). The van der Waals surface area contributed by atoms with Crippen molar-refractivity contribution >= 4 is 11.9 Å². The van der Waals surface area contributed by atoms with Crippen molar-refractivity contribution in [2.45, 2.75) is 57.4 Å². The van der Waals surface area contributed by atoms with E-state index in [2.05, 4.69) is 11.4 Å². The van der Waals surface area contributed by atoms with Crippen LogP contribution in [0.1, 0.15) is 51.4 Å². The van der Waals surface area contributed by atoms with Crippen LogP contribution in [0.5, 0.6) is 0 Å². The van der Waals surface area contributed by atoms with Gasteiger partial charge in [-0.2, -0.15) is 5.26 Å². The first-order chi connectivity index (χ1) is 9.07. The first kappa shape index (κ1) is 13.9. The number of carboxylic acids is 1. The third kappa shape index (κ3) is 2.89. The van der Waals surface area contributed by atoms with E-state index in [0.29, 0.717) is 38.5 Å². The van der Waals surface area contributed by atoms with Gasteiger partial charge in [-0.3, -0.25) is 9.59 Å². The molecule has 104 valence electrons. The van der Waals surface area contributed by atoms with E-state index in [1.165, 1.54) is 0 Å². The van der Waals surface area contributed by atoms with Crippen LogP contribution >= 0.6 is 0 Å². The van der Waals surface area contributed by atoms with Crippen LogP contribution in [0.2, 0.25) is 0 Å². The minimum atomic E-state index is -0.830. The van der Waals surface area contributed by atoms with Gasteiger partial charge in [0, 0.05) is 6.04 Å². The predicted molar refractivity (Wildman–Crippen MR) is 68.0 cm³/mol. The lowest BCUT2D eigenvalue weighted by molar-refractivity contribution is -0.142. The number of nitriles is 1. The summed E-state index contributed by atoms with van der Waals surface area (Å²) >= 11 is 0. The minimum Gasteiger partial charge on any atom is -0.481 e. The average molecular weight is 264 g/mol. The molecule has 19 heavy (non-hydrogen) atoms. The molecule has 0 aromatic carbocycles. The molecule has 1 amide bonds. The Bertz CT molecular complexity index is 399. The van der Waals surface area contributed by atoms with Crippen LogP contribution < -0.4 is 5.32 Å². The summed E-state index contributed by atoms with van der Waals surface area (Å²) < 4.78 is 0. The molecule has 0 heterocycles. The van der Waals surface area contributed by atoms with E-state index in [-0.39, 0.29) is 17.9 Å². The number of hydrogen-bond donors (Lipinski definition) is 2. The Labute approximate surface area is 113 Å². The quantitative estimate of drug-likeness (QED) is 0.813. The highest BCUT2D eigenvalue weighted by Gasteiger charge is 2.42. The number of carbonyl (C=O) groups is 2. The van der Waals surface area contributed by atoms with Gasteiger partial charge in [0.1, 0.15) is 5.41 Å². The number of hydrogen-bond acceptors (Lipinski definition) is 3. The number of carbonyl (C=O) groups excluding carboxylic acids is 1. The molecule has 0 aliphatic heterocycles. The first-order valence-corrected chi connectivity index (χ1v) is 7.02. The molecular weight excluding hydrogens is 244 g/mol. The minimum absolute atomic E-state index is 0.0360. The molecule has 5 nitrogen and oxygen atoms in total. The number of carboxylic acid groups (broad SMARTS) is 1. The molecule has 2 aliphatic carbocycles. The van der Waals surface area contributed by atoms with Crippen LogP contribution in [0.25, 0.3) is 0 Å². The third-order valence-electron chi connectivity index (χ3n) is 4.52. The first-order valence-electron chi connectivity index (χ1n) is 7.02. The second-order valence-electron chi connectivity index (χ2n) is 5.76.